The van der Waals surface area contributed by atoms with Gasteiger partial charge in [-0.2, -0.15) is 5.26 Å². The van der Waals surface area contributed by atoms with Crippen LogP contribution in [0.3, 0.4) is 0 Å². The molecule has 0 saturated carbocycles. The van der Waals surface area contributed by atoms with Crippen molar-refractivity contribution in [2.75, 3.05) is 13.2 Å². The van der Waals surface area contributed by atoms with E-state index in [2.05, 4.69) is 11.9 Å². The number of ether oxygens (including phenoxy) is 2. The monoisotopic (exact) mass is 435 g/mol. The highest BCUT2D eigenvalue weighted by Crippen LogP contribution is 2.24. The molecule has 0 saturated heterocycles. The van der Waals surface area contributed by atoms with Crippen molar-refractivity contribution >= 4 is 0 Å². The van der Waals surface area contributed by atoms with E-state index >= 15 is 0 Å². The van der Waals surface area contributed by atoms with Crippen LogP contribution in [0.2, 0.25) is 0 Å². The van der Waals surface area contributed by atoms with Gasteiger partial charge in [0.25, 0.3) is 5.56 Å². The number of aliphatic hydroxyl groups is 1. The summed E-state index contributed by atoms with van der Waals surface area (Å²) < 4.78 is 10.8. The number of pyridine rings is 1. The Hall–Kier alpha value is -3.60. The normalized spacial score (nSPS) is 11.0. The maximum atomic E-state index is 11.5. The van der Waals surface area contributed by atoms with E-state index in [0.717, 1.165) is 34.7 Å². The molecule has 0 spiro atoms. The molecule has 2 aromatic carbocycles. The Morgan fingerprint density at radius 3 is 2.28 bits per heavy atom. The lowest BCUT2D eigenvalue weighted by molar-refractivity contribution is 0.145. The number of nitrogens with two attached hydrogens (primary N) is 1. The quantitative estimate of drug-likeness (QED) is 0.463. The third kappa shape index (κ3) is 7.91. The van der Waals surface area contributed by atoms with Crippen molar-refractivity contribution in [2.24, 2.45) is 5.73 Å². The third-order valence-electron chi connectivity index (χ3n) is 4.42. The largest absolute Gasteiger partial charge is 0.494 e. The molecule has 0 fully saturated rings. The van der Waals surface area contributed by atoms with Gasteiger partial charge in [0, 0.05) is 17.7 Å². The minimum atomic E-state index is -0.784. The fourth-order valence-electron chi connectivity index (χ4n) is 2.77. The second kappa shape index (κ2) is 13.0. The Morgan fingerprint density at radius 1 is 1.06 bits per heavy atom. The number of nitriles is 1. The summed E-state index contributed by atoms with van der Waals surface area (Å²) in [4.78, 5) is 14.2. The van der Waals surface area contributed by atoms with Crippen LogP contribution in [0.5, 0.6) is 11.5 Å². The van der Waals surface area contributed by atoms with E-state index in [1.54, 1.807) is 6.07 Å². The van der Waals surface area contributed by atoms with Gasteiger partial charge in [0.05, 0.1) is 13.2 Å². The highest BCUT2D eigenvalue weighted by Gasteiger charge is 2.07. The molecule has 0 radical (unpaired) electrons. The fraction of sp³-hybridized carbons (Fsp3) is 0.280. The number of hydrogen-bond acceptors (Lipinski definition) is 6. The first kappa shape index (κ1) is 24.7. The van der Waals surface area contributed by atoms with Gasteiger partial charge in [-0.05, 0) is 49.2 Å². The molecule has 7 nitrogen and oxygen atoms in total. The van der Waals surface area contributed by atoms with Crippen molar-refractivity contribution in [1.82, 2.24) is 4.98 Å². The van der Waals surface area contributed by atoms with Gasteiger partial charge in [-0.3, -0.25) is 4.79 Å². The zero-order valence-electron chi connectivity index (χ0n) is 18.4. The molecule has 0 bridgehead atoms. The number of para-hydroxylation sites is 1. The van der Waals surface area contributed by atoms with Gasteiger partial charge < -0.3 is 25.3 Å². The van der Waals surface area contributed by atoms with Crippen LogP contribution in [-0.2, 0) is 0 Å². The number of aromatic nitrogens is 1. The molecule has 32 heavy (non-hydrogen) atoms. The van der Waals surface area contributed by atoms with Crippen molar-refractivity contribution in [3.8, 4) is 28.7 Å². The smallest absolute Gasteiger partial charge is 0.266 e. The molecular formula is C25H29N3O4. The maximum absolute atomic E-state index is 11.5. The molecule has 0 amide bonds. The van der Waals surface area contributed by atoms with Gasteiger partial charge in [-0.25, -0.2) is 0 Å². The molecular weight excluding hydrogens is 406 g/mol. The number of H-pyrrole nitrogens is 1. The number of aryl methyl sites for hydroxylation is 1. The van der Waals surface area contributed by atoms with E-state index in [9.17, 15) is 4.79 Å². The minimum Gasteiger partial charge on any atom is -0.494 e. The summed E-state index contributed by atoms with van der Waals surface area (Å²) in [5, 5.41) is 17.7. The first-order chi connectivity index (χ1) is 15.4. The van der Waals surface area contributed by atoms with Crippen LogP contribution in [0.1, 0.15) is 31.0 Å². The summed E-state index contributed by atoms with van der Waals surface area (Å²) in [6, 6.07) is 20.6. The molecule has 0 aliphatic heterocycles. The predicted octanol–water partition coefficient (Wildman–Crippen LogP) is 3.74. The number of hydrogen-bond donors (Lipinski definition) is 3. The van der Waals surface area contributed by atoms with Crippen molar-refractivity contribution in [3.63, 3.8) is 0 Å². The van der Waals surface area contributed by atoms with E-state index in [4.69, 9.17) is 25.6 Å². The molecule has 7 heteroatoms. The molecule has 3 aromatic rings. The van der Waals surface area contributed by atoms with Crippen molar-refractivity contribution in [3.05, 3.63) is 82.3 Å². The van der Waals surface area contributed by atoms with Crippen LogP contribution in [0.15, 0.2) is 65.5 Å². The summed E-state index contributed by atoms with van der Waals surface area (Å²) in [5.74, 6) is 1.62. The van der Waals surface area contributed by atoms with Gasteiger partial charge in [-0.15, -0.1) is 0 Å². The van der Waals surface area contributed by atoms with Gasteiger partial charge in [0.15, 0.2) is 0 Å². The number of nitrogens with zero attached hydrogens (tertiary/aromatic N) is 1. The van der Waals surface area contributed by atoms with Crippen molar-refractivity contribution in [1.29, 1.82) is 5.26 Å². The molecule has 1 unspecified atom stereocenters. The van der Waals surface area contributed by atoms with Crippen LogP contribution >= 0.6 is 0 Å². The second-order valence-corrected chi connectivity index (χ2v) is 7.05. The minimum absolute atomic E-state index is 0.122. The van der Waals surface area contributed by atoms with Gasteiger partial charge in [0.1, 0.15) is 29.4 Å². The summed E-state index contributed by atoms with van der Waals surface area (Å²) in [7, 11) is 0. The highest BCUT2D eigenvalue weighted by atomic mass is 16.5. The van der Waals surface area contributed by atoms with E-state index in [1.165, 1.54) is 0 Å². The molecule has 1 heterocycles. The lowest BCUT2D eigenvalue weighted by Gasteiger charge is -2.08. The van der Waals surface area contributed by atoms with Crippen LogP contribution < -0.4 is 20.8 Å². The van der Waals surface area contributed by atoms with E-state index in [-0.39, 0.29) is 11.1 Å². The van der Waals surface area contributed by atoms with Gasteiger partial charge in [0.2, 0.25) is 0 Å². The van der Waals surface area contributed by atoms with Crippen LogP contribution in [0.4, 0.5) is 0 Å². The van der Waals surface area contributed by atoms with Crippen LogP contribution in [0.25, 0.3) is 11.1 Å². The highest BCUT2D eigenvalue weighted by molar-refractivity contribution is 5.67. The van der Waals surface area contributed by atoms with Crippen LogP contribution in [-0.4, -0.2) is 29.5 Å². The van der Waals surface area contributed by atoms with Crippen molar-refractivity contribution in [2.45, 2.75) is 32.9 Å². The average Bonchev–Trinajstić information content (AvgIpc) is 2.79. The van der Waals surface area contributed by atoms with Gasteiger partial charge >= 0.3 is 0 Å². The molecule has 168 valence electrons. The topological polar surface area (TPSA) is 121 Å². The van der Waals surface area contributed by atoms with Gasteiger partial charge in [-0.1, -0.05) is 37.3 Å². The second-order valence-electron chi connectivity index (χ2n) is 7.05. The Labute approximate surface area is 188 Å². The summed E-state index contributed by atoms with van der Waals surface area (Å²) in [6.07, 6.45) is 0.634. The van der Waals surface area contributed by atoms with E-state index in [1.807, 2.05) is 67.6 Å². The van der Waals surface area contributed by atoms with E-state index < -0.39 is 6.23 Å². The Bertz CT molecular complexity index is 1060. The molecule has 0 aliphatic rings. The van der Waals surface area contributed by atoms with Crippen LogP contribution in [0, 0.1) is 18.3 Å². The zero-order valence-corrected chi connectivity index (χ0v) is 18.4. The first-order valence-electron chi connectivity index (χ1n) is 10.4. The molecule has 1 aromatic heterocycles. The van der Waals surface area contributed by atoms with Crippen molar-refractivity contribution < 1.29 is 14.6 Å². The number of nitrogens with one attached hydrogen (secondary N) is 1. The Morgan fingerprint density at radius 2 is 1.69 bits per heavy atom. The molecule has 0 aliphatic carbocycles. The SMILES string of the molecule is CCCOc1ccc(-c2cc(C#N)c(=O)[nH]c2C)cc1.NC(O)CCOc1ccccc1. The van der Waals surface area contributed by atoms with E-state index in [0.29, 0.717) is 19.6 Å². The molecule has 1 atom stereocenters. The summed E-state index contributed by atoms with van der Waals surface area (Å²) >= 11 is 0. The molecule has 4 N–H and O–H groups in total. The zero-order chi connectivity index (χ0) is 23.3. The fourth-order valence-corrected chi connectivity index (χ4v) is 2.77. The average molecular weight is 436 g/mol. The third-order valence-corrected chi connectivity index (χ3v) is 4.42. The summed E-state index contributed by atoms with van der Waals surface area (Å²) in [6.45, 7) is 5.01. The Balaban J connectivity index is 0.000000258. The standard InChI is InChI=1S/C16H16N2O2.C9H13NO2/c1-3-8-20-14-6-4-12(5-7-14)15-9-13(10-17)16(19)18-11(15)2;10-9(11)6-7-12-8-4-2-1-3-5-8/h4-7,9H,3,8H2,1-2H3,(H,18,19);1-5,9,11H,6-7,10H2. The number of benzene rings is 2. The summed E-state index contributed by atoms with van der Waals surface area (Å²) in [5.41, 5.74) is 7.44. The number of aromatic amines is 1. The Kier molecular flexibility index (Phi) is 9.98. The maximum Gasteiger partial charge on any atom is 0.266 e. The lowest BCUT2D eigenvalue weighted by atomic mass is 10.0. The molecule has 3 rings (SSSR count). The lowest BCUT2D eigenvalue weighted by Crippen LogP contribution is -2.21. The predicted molar refractivity (Wildman–Crippen MR) is 124 cm³/mol. The number of aliphatic hydroxyl groups excluding tert-OH is 1. The number of rotatable bonds is 8. The first-order valence-corrected chi connectivity index (χ1v) is 10.4.